The van der Waals surface area contributed by atoms with Crippen molar-refractivity contribution in [2.45, 2.75) is 83.3 Å². The van der Waals surface area contributed by atoms with Gasteiger partial charge in [-0.1, -0.05) is 50.6 Å². The van der Waals surface area contributed by atoms with Gasteiger partial charge >= 0.3 is 0 Å². The van der Waals surface area contributed by atoms with E-state index in [2.05, 4.69) is 40.8 Å². The molecular weight excluding hydrogens is 632 g/mol. The lowest BCUT2D eigenvalue weighted by Crippen LogP contribution is -2.49. The summed E-state index contributed by atoms with van der Waals surface area (Å²) in [6.07, 6.45) is 11.1. The summed E-state index contributed by atoms with van der Waals surface area (Å²) < 4.78 is 22.7. The monoisotopic (exact) mass is 682 g/mol. The van der Waals surface area contributed by atoms with E-state index < -0.39 is 11.0 Å². The molecule has 6 unspecified atom stereocenters. The van der Waals surface area contributed by atoms with Gasteiger partial charge in [-0.05, 0) is 111 Å². The van der Waals surface area contributed by atoms with E-state index in [0.29, 0.717) is 36.2 Å². The quantitative estimate of drug-likeness (QED) is 0.337. The molecule has 2 aliphatic carbocycles. The predicted molar refractivity (Wildman–Crippen MR) is 191 cm³/mol. The molecule has 0 aromatic heterocycles. The number of Topliss-reactive ketones (excluding diaryl/α,β-unsaturated/α-hetero) is 1. The fraction of sp³-hybridized carbons (Fsp3) is 0.579. The van der Waals surface area contributed by atoms with Gasteiger partial charge in [-0.3, -0.25) is 14.3 Å². The van der Waals surface area contributed by atoms with Crippen LogP contribution in [0.3, 0.4) is 0 Å². The van der Waals surface area contributed by atoms with Crippen LogP contribution in [0.1, 0.15) is 87.7 Å². The first-order valence-electron chi connectivity index (χ1n) is 17.2. The van der Waals surface area contributed by atoms with Crippen LogP contribution in [-0.2, 0) is 27.6 Å². The molecule has 7 nitrogen and oxygen atoms in total. The minimum absolute atomic E-state index is 0.00930. The van der Waals surface area contributed by atoms with Crippen LogP contribution in [-0.4, -0.2) is 53.1 Å². The van der Waals surface area contributed by atoms with Gasteiger partial charge in [0.15, 0.2) is 0 Å². The number of rotatable bonds is 3. The Morgan fingerprint density at radius 1 is 1.17 bits per heavy atom. The number of fused-ring (bicyclic) bond motifs is 4. The largest absolute Gasteiger partial charge is 0.490 e. The second kappa shape index (κ2) is 15.3. The van der Waals surface area contributed by atoms with Crippen molar-refractivity contribution in [3.63, 3.8) is 0 Å². The van der Waals surface area contributed by atoms with Crippen molar-refractivity contribution in [3.05, 3.63) is 70.3 Å². The van der Waals surface area contributed by atoms with Crippen molar-refractivity contribution in [1.82, 2.24) is 4.72 Å². The molecule has 1 saturated carbocycles. The molecule has 2 N–H and O–H groups in total. The van der Waals surface area contributed by atoms with E-state index in [1.165, 1.54) is 11.1 Å². The number of allylic oxidation sites excluding steroid dienone is 2. The Hall–Kier alpha value is -2.68. The maximum absolute atomic E-state index is 13.4. The van der Waals surface area contributed by atoms with Crippen LogP contribution in [0.15, 0.2) is 48.6 Å². The number of ketones is 1. The van der Waals surface area contributed by atoms with Gasteiger partial charge in [-0.25, -0.2) is 4.21 Å². The molecule has 1 amide bonds. The van der Waals surface area contributed by atoms with Crippen LogP contribution in [0.4, 0.5) is 5.69 Å². The number of nitrogens with zero attached hydrogens (tertiary/aromatic N) is 1. The third kappa shape index (κ3) is 7.65. The fourth-order valence-electron chi connectivity index (χ4n) is 7.87. The van der Waals surface area contributed by atoms with E-state index in [1.54, 1.807) is 6.07 Å². The lowest BCUT2D eigenvalue weighted by Gasteiger charge is -2.46. The molecule has 0 saturated heterocycles. The molecule has 256 valence electrons. The zero-order valence-corrected chi connectivity index (χ0v) is 30.0. The van der Waals surface area contributed by atoms with Gasteiger partial charge in [0.25, 0.3) is 5.91 Å². The van der Waals surface area contributed by atoms with Crippen molar-refractivity contribution < 1.29 is 23.6 Å². The number of aliphatic hydroxyl groups is 1. The van der Waals surface area contributed by atoms with E-state index >= 15 is 0 Å². The van der Waals surface area contributed by atoms with Crippen LogP contribution in [0.5, 0.6) is 5.75 Å². The number of amides is 1. The molecule has 4 aliphatic rings. The number of ether oxygens (including phenoxy) is 1. The van der Waals surface area contributed by atoms with Crippen molar-refractivity contribution in [2.75, 3.05) is 31.7 Å². The third-order valence-electron chi connectivity index (χ3n) is 11.1. The standard InChI is InChI=1S/C37H47ClN2O4S.CH4O/c1-23(2)34(41)19-26-8-5-7-24(3)25(4)45(43)39-36(42)28-11-15-35-33(18-28)40(20-29-10-13-31(26)29)21-37(22-44-35)16-6-9-27-17-30(38)12-14-32(27)37;1-2/h5,8,11-12,14-15,17-18,23-26,29,31H,6-7,9-10,13,16,19-22H2,1-4H3,(H,39,42);2H,1H3/b8-5+;/t24?,25?,26?,29?,31?,37-,45?;/m0./s1. The summed E-state index contributed by atoms with van der Waals surface area (Å²) in [6.45, 7) is 10.2. The Labute approximate surface area is 288 Å². The van der Waals surface area contributed by atoms with Gasteiger partial charge in [0.05, 0.1) is 17.5 Å². The lowest BCUT2D eigenvalue weighted by atomic mass is 9.64. The first kappa shape index (κ1) is 35.6. The molecule has 6 rings (SSSR count). The summed E-state index contributed by atoms with van der Waals surface area (Å²) in [4.78, 5) is 29.0. The molecule has 47 heavy (non-hydrogen) atoms. The molecule has 2 heterocycles. The van der Waals surface area contributed by atoms with Crippen LogP contribution in [0.2, 0.25) is 5.02 Å². The minimum Gasteiger partial charge on any atom is -0.490 e. The van der Waals surface area contributed by atoms with E-state index in [9.17, 15) is 13.8 Å². The number of anilines is 1. The van der Waals surface area contributed by atoms with Crippen molar-refractivity contribution in [1.29, 1.82) is 0 Å². The van der Waals surface area contributed by atoms with Crippen molar-refractivity contribution >= 4 is 40.0 Å². The number of benzene rings is 2. The molecule has 7 atom stereocenters. The first-order chi connectivity index (χ1) is 22.5. The maximum Gasteiger partial charge on any atom is 0.263 e. The number of hydrogen-bond donors (Lipinski definition) is 2. The van der Waals surface area contributed by atoms with E-state index in [1.807, 2.05) is 39.0 Å². The highest BCUT2D eigenvalue weighted by Crippen LogP contribution is 2.48. The molecule has 1 fully saturated rings. The Morgan fingerprint density at radius 2 is 1.96 bits per heavy atom. The lowest BCUT2D eigenvalue weighted by molar-refractivity contribution is -0.123. The molecule has 0 radical (unpaired) electrons. The maximum atomic E-state index is 13.4. The first-order valence-corrected chi connectivity index (χ1v) is 18.8. The average molecular weight is 683 g/mol. The van der Waals surface area contributed by atoms with Gasteiger partial charge in [0.2, 0.25) is 0 Å². The number of hydrogen-bond acceptors (Lipinski definition) is 6. The molecule has 1 spiro atoms. The summed E-state index contributed by atoms with van der Waals surface area (Å²) in [7, 11) is -0.537. The molecule has 9 heteroatoms. The highest BCUT2D eigenvalue weighted by Gasteiger charge is 2.44. The summed E-state index contributed by atoms with van der Waals surface area (Å²) in [5.74, 6) is 1.88. The molecule has 2 aliphatic heterocycles. The zero-order chi connectivity index (χ0) is 33.9. The van der Waals surface area contributed by atoms with E-state index in [0.717, 1.165) is 75.2 Å². The topological polar surface area (TPSA) is 95.9 Å². The Balaban J connectivity index is 0.00000213. The average Bonchev–Trinajstić information content (AvgIpc) is 3.19. The highest BCUT2D eigenvalue weighted by atomic mass is 35.5. The zero-order valence-electron chi connectivity index (χ0n) is 28.5. The van der Waals surface area contributed by atoms with E-state index in [-0.39, 0.29) is 34.3 Å². The second-order valence-electron chi connectivity index (χ2n) is 14.4. The number of carbonyl (C=O) groups is 2. The van der Waals surface area contributed by atoms with Crippen LogP contribution >= 0.6 is 11.6 Å². The molecule has 2 aromatic rings. The molecule has 2 bridgehead atoms. The second-order valence-corrected chi connectivity index (χ2v) is 16.3. The molecular formula is C38H51ClN2O5S. The normalized spacial score (nSPS) is 31.1. The predicted octanol–water partition coefficient (Wildman–Crippen LogP) is 7.06. The number of aliphatic hydroxyl groups excluding tert-OH is 1. The Morgan fingerprint density at radius 3 is 2.68 bits per heavy atom. The third-order valence-corrected chi connectivity index (χ3v) is 12.8. The number of halogens is 1. The van der Waals surface area contributed by atoms with Gasteiger partial charge in [0.1, 0.15) is 22.5 Å². The van der Waals surface area contributed by atoms with Crippen molar-refractivity contribution in [3.8, 4) is 5.75 Å². The molecule has 2 aromatic carbocycles. The fourth-order valence-corrected chi connectivity index (χ4v) is 9.08. The number of carbonyl (C=O) groups excluding carboxylic acids is 2. The summed E-state index contributed by atoms with van der Waals surface area (Å²) >= 11 is 6.44. The summed E-state index contributed by atoms with van der Waals surface area (Å²) in [5.41, 5.74) is 3.79. The Kier molecular flexibility index (Phi) is 11.6. The number of nitrogens with one attached hydrogen (secondary N) is 1. The summed E-state index contributed by atoms with van der Waals surface area (Å²) in [5, 5.41) is 7.54. The van der Waals surface area contributed by atoms with Gasteiger partial charge < -0.3 is 14.7 Å². The SMILES string of the molecule is CC(C)C(=O)CC1/C=C/CC(C)C(C)S(=O)NC(=O)c2ccc3c(c2)N(CC2CCC12)C[C@@]1(CCCc2cc(Cl)ccc21)CO3.CO. The van der Waals surface area contributed by atoms with Gasteiger partial charge in [0, 0.05) is 48.5 Å². The highest BCUT2D eigenvalue weighted by molar-refractivity contribution is 7.84. The van der Waals surface area contributed by atoms with Gasteiger partial charge in [-0.2, -0.15) is 0 Å². The van der Waals surface area contributed by atoms with E-state index in [4.69, 9.17) is 21.4 Å². The summed E-state index contributed by atoms with van der Waals surface area (Å²) in [6, 6.07) is 11.9. The van der Waals surface area contributed by atoms with Crippen LogP contribution < -0.4 is 14.4 Å². The smallest absolute Gasteiger partial charge is 0.263 e. The van der Waals surface area contributed by atoms with Crippen molar-refractivity contribution in [2.24, 2.45) is 29.6 Å². The minimum atomic E-state index is -1.54. The van der Waals surface area contributed by atoms with Gasteiger partial charge in [-0.15, -0.1) is 0 Å². The van der Waals surface area contributed by atoms with Crippen LogP contribution in [0, 0.1) is 29.6 Å². The van der Waals surface area contributed by atoms with Crippen LogP contribution in [0.25, 0.3) is 0 Å². The Bertz CT molecular complexity index is 1510. The number of aryl methyl sites for hydroxylation is 1.